The average Bonchev–Trinajstić information content (AvgIpc) is 2.30. The highest BCUT2D eigenvalue weighted by Crippen LogP contribution is 2.39. The molecule has 0 saturated carbocycles. The Hall–Kier alpha value is -0.670. The Kier molecular flexibility index (Phi) is 5.54. The van der Waals surface area contributed by atoms with Gasteiger partial charge in [-0.05, 0) is 30.5 Å². The maximum absolute atomic E-state index is 13.1. The Morgan fingerprint density at radius 3 is 2.17 bits per heavy atom. The van der Waals surface area contributed by atoms with E-state index in [0.717, 1.165) is 0 Å². The molecule has 0 saturated heterocycles. The van der Waals surface area contributed by atoms with Crippen molar-refractivity contribution in [3.63, 3.8) is 0 Å². The fraction of sp³-hybridized carbons (Fsp3) is 0.571. The van der Waals surface area contributed by atoms with Crippen LogP contribution in [-0.4, -0.2) is 11.5 Å². The Morgan fingerprint density at radius 2 is 1.78 bits per heavy atom. The van der Waals surface area contributed by atoms with Crippen molar-refractivity contribution in [3.05, 3.63) is 34.9 Å². The molecule has 0 aliphatic heterocycles. The minimum absolute atomic E-state index is 0.233. The molecule has 1 aromatic carbocycles. The van der Waals surface area contributed by atoms with Crippen LogP contribution in [0.15, 0.2) is 24.3 Å². The van der Waals surface area contributed by atoms with Crippen LogP contribution in [0, 0.1) is 5.92 Å². The van der Waals surface area contributed by atoms with Crippen molar-refractivity contribution in [2.75, 3.05) is 0 Å². The van der Waals surface area contributed by atoms with E-state index >= 15 is 0 Å². The quantitative estimate of drug-likeness (QED) is 0.804. The molecule has 0 fully saturated rings. The number of alkyl halides is 2. The van der Waals surface area contributed by atoms with Crippen LogP contribution in [0.25, 0.3) is 0 Å². The van der Waals surface area contributed by atoms with Crippen molar-refractivity contribution in [3.8, 4) is 0 Å². The first-order valence-corrected chi connectivity index (χ1v) is 6.60. The van der Waals surface area contributed by atoms with Crippen LogP contribution in [0.3, 0.4) is 0 Å². The topological polar surface area (TPSA) is 20.2 Å². The third-order valence-electron chi connectivity index (χ3n) is 3.33. The maximum atomic E-state index is 13.1. The van der Waals surface area contributed by atoms with Gasteiger partial charge in [0.05, 0.1) is 11.5 Å². The van der Waals surface area contributed by atoms with Crippen LogP contribution in [0.1, 0.15) is 38.7 Å². The highest BCUT2D eigenvalue weighted by molar-refractivity contribution is 6.30. The highest BCUT2D eigenvalue weighted by atomic mass is 35.5. The van der Waals surface area contributed by atoms with Gasteiger partial charge in [0.15, 0.2) is 0 Å². The normalized spacial score (nSPS) is 16.6. The maximum Gasteiger partial charge on any atom is 0.244 e. The molecular weight excluding hydrogens is 258 g/mol. The minimum atomic E-state index is -2.54. The Bertz CT molecular complexity index is 367. The fourth-order valence-electron chi connectivity index (χ4n) is 2.39. The van der Waals surface area contributed by atoms with Gasteiger partial charge in [-0.1, -0.05) is 44.0 Å². The molecule has 0 amide bonds. The van der Waals surface area contributed by atoms with Crippen LogP contribution >= 0.6 is 11.6 Å². The average molecular weight is 277 g/mol. The van der Waals surface area contributed by atoms with E-state index in [-0.39, 0.29) is 6.42 Å². The van der Waals surface area contributed by atoms with E-state index in [4.69, 9.17) is 11.6 Å². The molecule has 1 N–H and O–H groups in total. The molecule has 0 bridgehead atoms. The smallest absolute Gasteiger partial charge is 0.244 e. The van der Waals surface area contributed by atoms with Crippen LogP contribution in [0.4, 0.5) is 8.78 Å². The van der Waals surface area contributed by atoms with Crippen LogP contribution < -0.4 is 0 Å². The lowest BCUT2D eigenvalue weighted by Gasteiger charge is -2.36. The van der Waals surface area contributed by atoms with Gasteiger partial charge in [-0.3, -0.25) is 0 Å². The fourth-order valence-corrected chi connectivity index (χ4v) is 2.51. The molecule has 1 rings (SSSR count). The van der Waals surface area contributed by atoms with E-state index in [1.165, 1.54) is 0 Å². The van der Waals surface area contributed by atoms with Crippen LogP contribution in [0.5, 0.6) is 0 Å². The molecule has 18 heavy (non-hydrogen) atoms. The lowest BCUT2D eigenvalue weighted by atomic mass is 9.77. The van der Waals surface area contributed by atoms with Gasteiger partial charge in [0, 0.05) is 5.02 Å². The molecule has 0 aliphatic carbocycles. The molecule has 0 spiro atoms. The monoisotopic (exact) mass is 276 g/mol. The molecule has 1 nitrogen and oxygen atoms in total. The van der Waals surface area contributed by atoms with Crippen molar-refractivity contribution < 1.29 is 13.9 Å². The summed E-state index contributed by atoms with van der Waals surface area (Å²) < 4.78 is 26.2. The largest absolute Gasteiger partial charge is 0.385 e. The first kappa shape index (κ1) is 15.4. The van der Waals surface area contributed by atoms with Crippen LogP contribution in [-0.2, 0) is 5.60 Å². The Morgan fingerprint density at radius 1 is 1.22 bits per heavy atom. The van der Waals surface area contributed by atoms with E-state index in [9.17, 15) is 13.9 Å². The lowest BCUT2D eigenvalue weighted by Crippen LogP contribution is -2.39. The molecule has 0 aliphatic rings. The van der Waals surface area contributed by atoms with Gasteiger partial charge in [0.1, 0.15) is 0 Å². The van der Waals surface area contributed by atoms with Gasteiger partial charge in [-0.25, -0.2) is 8.78 Å². The molecule has 2 atom stereocenters. The van der Waals surface area contributed by atoms with Gasteiger partial charge in [-0.2, -0.15) is 0 Å². The standard InChI is InChI=1S/C14H19ClF2O/c1-3-9-14(18,12(4-2)13(16)17)10-5-7-11(15)8-6-10/h5-8,12-13,18H,3-4,9H2,1-2H3. The van der Waals surface area contributed by atoms with Gasteiger partial charge < -0.3 is 5.11 Å². The molecule has 4 heteroatoms. The summed E-state index contributed by atoms with van der Waals surface area (Å²) in [4.78, 5) is 0. The SMILES string of the molecule is CCCC(O)(c1ccc(Cl)cc1)C(CC)C(F)F. The minimum Gasteiger partial charge on any atom is -0.385 e. The predicted octanol–water partition coefficient (Wildman–Crippen LogP) is 4.62. The summed E-state index contributed by atoms with van der Waals surface area (Å²) in [6, 6.07) is 6.50. The number of rotatable bonds is 6. The predicted molar refractivity (Wildman–Crippen MR) is 70.0 cm³/mol. The molecule has 0 aromatic heterocycles. The first-order chi connectivity index (χ1) is 8.45. The molecule has 1 aromatic rings. The van der Waals surface area contributed by atoms with E-state index in [2.05, 4.69) is 0 Å². The Labute approximate surface area is 112 Å². The van der Waals surface area contributed by atoms with E-state index < -0.39 is 17.9 Å². The zero-order valence-corrected chi connectivity index (χ0v) is 11.4. The zero-order valence-electron chi connectivity index (χ0n) is 10.7. The number of aliphatic hydroxyl groups is 1. The van der Waals surface area contributed by atoms with Crippen molar-refractivity contribution in [1.29, 1.82) is 0 Å². The second-order valence-corrected chi connectivity index (χ2v) is 4.97. The number of benzene rings is 1. The molecule has 0 radical (unpaired) electrons. The summed E-state index contributed by atoms with van der Waals surface area (Å²) in [5.41, 5.74) is -0.969. The number of halogens is 3. The second kappa shape index (κ2) is 6.48. The molecule has 0 heterocycles. The van der Waals surface area contributed by atoms with Gasteiger partial charge in [-0.15, -0.1) is 0 Å². The molecular formula is C14H19ClF2O. The van der Waals surface area contributed by atoms with Crippen LogP contribution in [0.2, 0.25) is 5.02 Å². The van der Waals surface area contributed by atoms with Crippen molar-refractivity contribution >= 4 is 11.6 Å². The number of hydrogen-bond acceptors (Lipinski definition) is 1. The van der Waals surface area contributed by atoms with Crippen molar-refractivity contribution in [2.24, 2.45) is 5.92 Å². The first-order valence-electron chi connectivity index (χ1n) is 6.22. The molecule has 102 valence electrons. The summed E-state index contributed by atoms with van der Waals surface area (Å²) >= 11 is 5.79. The summed E-state index contributed by atoms with van der Waals surface area (Å²) in [6.45, 7) is 3.55. The van der Waals surface area contributed by atoms with Gasteiger partial charge in [0.2, 0.25) is 6.43 Å². The third kappa shape index (κ3) is 3.21. The lowest BCUT2D eigenvalue weighted by molar-refractivity contribution is -0.0975. The third-order valence-corrected chi connectivity index (χ3v) is 3.58. The highest BCUT2D eigenvalue weighted by Gasteiger charge is 2.41. The van der Waals surface area contributed by atoms with Crippen molar-refractivity contribution in [2.45, 2.75) is 45.1 Å². The van der Waals surface area contributed by atoms with E-state index in [1.807, 2.05) is 6.92 Å². The zero-order chi connectivity index (χ0) is 13.8. The van der Waals surface area contributed by atoms with Gasteiger partial charge >= 0.3 is 0 Å². The second-order valence-electron chi connectivity index (χ2n) is 4.53. The summed E-state index contributed by atoms with van der Waals surface area (Å²) in [5, 5.41) is 11.2. The molecule has 2 unspecified atom stereocenters. The summed E-state index contributed by atoms with van der Waals surface area (Å²) in [6.07, 6.45) is -1.35. The summed E-state index contributed by atoms with van der Waals surface area (Å²) in [5.74, 6) is -1.06. The van der Waals surface area contributed by atoms with E-state index in [0.29, 0.717) is 23.4 Å². The number of hydrogen-bond donors (Lipinski definition) is 1. The Balaban J connectivity index is 3.16. The van der Waals surface area contributed by atoms with Gasteiger partial charge in [0.25, 0.3) is 0 Å². The summed E-state index contributed by atoms with van der Waals surface area (Å²) in [7, 11) is 0. The van der Waals surface area contributed by atoms with E-state index in [1.54, 1.807) is 31.2 Å². The van der Waals surface area contributed by atoms with Crippen molar-refractivity contribution in [1.82, 2.24) is 0 Å².